The van der Waals surface area contributed by atoms with Gasteiger partial charge in [-0.05, 0) is 64.2 Å². The maximum absolute atomic E-state index is 12.6. The average molecular weight is 801 g/mol. The van der Waals surface area contributed by atoms with E-state index in [-0.39, 0.29) is 19.4 Å². The third kappa shape index (κ3) is 40.2. The highest BCUT2D eigenvalue weighted by Gasteiger charge is 2.27. The van der Waals surface area contributed by atoms with Gasteiger partial charge in [0.2, 0.25) is 0 Å². The van der Waals surface area contributed by atoms with Crippen LogP contribution in [-0.2, 0) is 32.7 Å². The molecule has 0 aromatic carbocycles. The first-order chi connectivity index (χ1) is 26.7. The number of phosphoric acid groups is 1. The van der Waals surface area contributed by atoms with Gasteiger partial charge in [0.05, 0.1) is 19.8 Å². The predicted octanol–water partition coefficient (Wildman–Crippen LogP) is 11.6. The van der Waals surface area contributed by atoms with Gasteiger partial charge in [-0.3, -0.25) is 18.6 Å². The number of carbonyl (C=O) groups excluding carboxylic acids is 2. The molecule has 0 amide bonds. The highest BCUT2D eigenvalue weighted by molar-refractivity contribution is 7.47. The first-order valence-corrected chi connectivity index (χ1v) is 23.5. The summed E-state index contributed by atoms with van der Waals surface area (Å²) in [5.41, 5.74) is 0. The summed E-state index contributed by atoms with van der Waals surface area (Å²) in [7, 11) is -4.62. The highest BCUT2D eigenvalue weighted by atomic mass is 31.2. The van der Waals surface area contributed by atoms with Crippen LogP contribution in [0.2, 0.25) is 0 Å². The quantitative estimate of drug-likeness (QED) is 0.0179. The second-order valence-electron chi connectivity index (χ2n) is 14.7. The predicted molar refractivity (Wildman–Crippen MR) is 224 cm³/mol. The molecule has 322 valence electrons. The molecular formula is C44H81O10P. The van der Waals surface area contributed by atoms with E-state index < -0.39 is 51.8 Å². The summed E-state index contributed by atoms with van der Waals surface area (Å²) in [5.74, 6) is -0.942. The van der Waals surface area contributed by atoms with E-state index in [9.17, 15) is 24.2 Å². The number of unbranched alkanes of at least 4 members (excludes halogenated alkanes) is 22. The number of aliphatic hydroxyl groups excluding tert-OH is 2. The normalized spacial score (nSPS) is 14.2. The lowest BCUT2D eigenvalue weighted by Gasteiger charge is -2.20. The summed E-state index contributed by atoms with van der Waals surface area (Å²) in [6.45, 7) is 2.33. The van der Waals surface area contributed by atoms with Crippen LogP contribution in [0.1, 0.15) is 194 Å². The van der Waals surface area contributed by atoms with Gasteiger partial charge in [-0.15, -0.1) is 0 Å². The van der Waals surface area contributed by atoms with Crippen LogP contribution in [0.25, 0.3) is 0 Å². The maximum Gasteiger partial charge on any atom is 0.472 e. The van der Waals surface area contributed by atoms with Crippen molar-refractivity contribution in [2.75, 3.05) is 26.4 Å². The number of carbonyl (C=O) groups is 2. The van der Waals surface area contributed by atoms with E-state index in [0.717, 1.165) is 57.8 Å². The fraction of sp³-hybridized carbons (Fsp3) is 0.818. The number of ether oxygens (including phenoxy) is 2. The van der Waals surface area contributed by atoms with E-state index >= 15 is 0 Å². The molecule has 1 unspecified atom stereocenters. The van der Waals surface area contributed by atoms with E-state index in [1.165, 1.54) is 96.3 Å². The SMILES string of the molecule is CCCCCC/C=C/C=C/CCCCCCCC(=O)O[C@H](COC(=O)CCCCCCCCCCC/C=C/CCCCCC)COP(=O)(O)OC[C@@H](O)CO. The molecule has 0 aliphatic heterocycles. The Balaban J connectivity index is 4.30. The Hall–Kier alpha value is -1.81. The lowest BCUT2D eigenvalue weighted by Crippen LogP contribution is -2.29. The number of phosphoric ester groups is 1. The Bertz CT molecular complexity index is 1010. The monoisotopic (exact) mass is 801 g/mol. The van der Waals surface area contributed by atoms with Crippen molar-refractivity contribution < 1.29 is 47.8 Å². The topological polar surface area (TPSA) is 149 Å². The molecule has 0 aromatic rings. The molecule has 10 nitrogen and oxygen atoms in total. The standard InChI is InChI=1S/C44H81O10P/c1-3-5-7-9-11-13-15-17-19-20-22-23-25-27-29-31-33-35-43(47)51-39-42(40-53-55(49,50)52-38-41(46)37-45)54-44(48)36-34-32-30-28-26-24-21-18-16-14-12-10-8-6-4-2/h13-16,18,21,41-42,45-46H,3-12,17,19-20,22-40H2,1-2H3,(H,49,50)/b15-13+,16-14+,21-18+/t41-,42+/m0/s1. The third-order valence-corrected chi connectivity index (χ3v) is 10.2. The van der Waals surface area contributed by atoms with Crippen molar-refractivity contribution in [3.63, 3.8) is 0 Å². The fourth-order valence-electron chi connectivity index (χ4n) is 5.86. The molecule has 0 fully saturated rings. The molecule has 55 heavy (non-hydrogen) atoms. The van der Waals surface area contributed by atoms with Crippen molar-refractivity contribution in [2.45, 2.75) is 206 Å². The molecule has 0 saturated heterocycles. The van der Waals surface area contributed by atoms with E-state index in [2.05, 4.69) is 54.8 Å². The van der Waals surface area contributed by atoms with Crippen molar-refractivity contribution in [1.82, 2.24) is 0 Å². The van der Waals surface area contributed by atoms with Crippen LogP contribution in [0, 0.1) is 0 Å². The molecule has 11 heteroatoms. The molecule has 3 N–H and O–H groups in total. The van der Waals surface area contributed by atoms with E-state index in [1.54, 1.807) is 0 Å². The molecule has 0 aromatic heterocycles. The third-order valence-electron chi connectivity index (χ3n) is 9.29. The number of esters is 2. The van der Waals surface area contributed by atoms with Gasteiger partial charge in [0.1, 0.15) is 12.7 Å². The van der Waals surface area contributed by atoms with Gasteiger partial charge in [-0.2, -0.15) is 0 Å². The van der Waals surface area contributed by atoms with Crippen molar-refractivity contribution in [2.24, 2.45) is 0 Å². The molecule has 0 bridgehead atoms. The Morgan fingerprint density at radius 1 is 0.545 bits per heavy atom. The summed E-state index contributed by atoms with van der Waals surface area (Å²) in [5, 5.41) is 18.3. The van der Waals surface area contributed by atoms with Crippen molar-refractivity contribution in [3.05, 3.63) is 36.5 Å². The molecule has 0 saturated carbocycles. The van der Waals surface area contributed by atoms with Gasteiger partial charge in [-0.1, -0.05) is 153 Å². The minimum atomic E-state index is -4.62. The summed E-state index contributed by atoms with van der Waals surface area (Å²) < 4.78 is 32.7. The van der Waals surface area contributed by atoms with Gasteiger partial charge < -0.3 is 24.6 Å². The number of allylic oxidation sites excluding steroid dienone is 6. The molecular weight excluding hydrogens is 719 g/mol. The first-order valence-electron chi connectivity index (χ1n) is 22.0. The summed E-state index contributed by atoms with van der Waals surface area (Å²) >= 11 is 0. The first kappa shape index (κ1) is 53.2. The highest BCUT2D eigenvalue weighted by Crippen LogP contribution is 2.43. The number of hydrogen-bond donors (Lipinski definition) is 3. The molecule has 3 atom stereocenters. The van der Waals surface area contributed by atoms with E-state index in [1.807, 2.05) is 0 Å². The molecule has 0 heterocycles. The van der Waals surface area contributed by atoms with Gasteiger partial charge in [0.15, 0.2) is 6.10 Å². The lowest BCUT2D eigenvalue weighted by atomic mass is 10.1. The van der Waals surface area contributed by atoms with Crippen LogP contribution in [-0.4, -0.2) is 65.7 Å². The van der Waals surface area contributed by atoms with Crippen LogP contribution < -0.4 is 0 Å². The summed E-state index contributed by atoms with van der Waals surface area (Å²) in [6, 6.07) is 0. The summed E-state index contributed by atoms with van der Waals surface area (Å²) in [6.07, 6.45) is 41.0. The number of aliphatic hydroxyl groups is 2. The molecule has 0 rings (SSSR count). The Labute approximate surface area is 335 Å². The van der Waals surface area contributed by atoms with Crippen LogP contribution in [0.15, 0.2) is 36.5 Å². The number of hydrogen-bond acceptors (Lipinski definition) is 9. The largest absolute Gasteiger partial charge is 0.472 e. The number of rotatable bonds is 41. The molecule has 0 radical (unpaired) electrons. The van der Waals surface area contributed by atoms with Gasteiger partial charge in [0.25, 0.3) is 0 Å². The molecule has 0 spiro atoms. The zero-order valence-electron chi connectivity index (χ0n) is 34.9. The molecule has 0 aliphatic rings. The summed E-state index contributed by atoms with van der Waals surface area (Å²) in [4.78, 5) is 35.0. The lowest BCUT2D eigenvalue weighted by molar-refractivity contribution is -0.161. The minimum absolute atomic E-state index is 0.167. The van der Waals surface area contributed by atoms with Gasteiger partial charge in [0, 0.05) is 12.8 Å². The zero-order valence-corrected chi connectivity index (χ0v) is 35.8. The fourth-order valence-corrected chi connectivity index (χ4v) is 6.65. The van der Waals surface area contributed by atoms with Crippen LogP contribution in [0.5, 0.6) is 0 Å². The van der Waals surface area contributed by atoms with Gasteiger partial charge in [-0.25, -0.2) is 4.57 Å². The Morgan fingerprint density at radius 3 is 1.42 bits per heavy atom. The zero-order chi connectivity index (χ0) is 40.5. The van der Waals surface area contributed by atoms with Crippen LogP contribution in [0.3, 0.4) is 0 Å². The van der Waals surface area contributed by atoms with Crippen LogP contribution in [0.4, 0.5) is 0 Å². The van der Waals surface area contributed by atoms with E-state index in [0.29, 0.717) is 12.8 Å². The Morgan fingerprint density at radius 2 is 0.945 bits per heavy atom. The van der Waals surface area contributed by atoms with Crippen LogP contribution >= 0.6 is 7.82 Å². The molecule has 0 aliphatic carbocycles. The van der Waals surface area contributed by atoms with Gasteiger partial charge >= 0.3 is 19.8 Å². The van der Waals surface area contributed by atoms with Crippen molar-refractivity contribution >= 4 is 19.8 Å². The second kappa shape index (κ2) is 40.4. The smallest absolute Gasteiger partial charge is 0.462 e. The maximum atomic E-state index is 12.6. The average Bonchev–Trinajstić information content (AvgIpc) is 3.17. The van der Waals surface area contributed by atoms with Crippen molar-refractivity contribution in [1.29, 1.82) is 0 Å². The second-order valence-corrected chi connectivity index (χ2v) is 16.2. The Kier molecular flexibility index (Phi) is 39.1. The van der Waals surface area contributed by atoms with Crippen molar-refractivity contribution in [3.8, 4) is 0 Å². The van der Waals surface area contributed by atoms with E-state index in [4.69, 9.17) is 19.1 Å². The minimum Gasteiger partial charge on any atom is -0.462 e.